The summed E-state index contributed by atoms with van der Waals surface area (Å²) in [6.07, 6.45) is 3.31. The fourth-order valence-corrected chi connectivity index (χ4v) is 4.42. The molecule has 0 amide bonds. The Morgan fingerprint density at radius 1 is 1.43 bits per heavy atom. The molecule has 5 nitrogen and oxygen atoms in total. The monoisotopic (exact) mass is 336 g/mol. The van der Waals surface area contributed by atoms with Crippen molar-refractivity contribution in [3.05, 3.63) is 29.8 Å². The van der Waals surface area contributed by atoms with E-state index in [0.717, 1.165) is 25.8 Å². The highest BCUT2D eigenvalue weighted by Crippen LogP contribution is 2.22. The fourth-order valence-electron chi connectivity index (χ4n) is 3.12. The smallest absolute Gasteiger partial charge is 0.179 e. The van der Waals surface area contributed by atoms with E-state index < -0.39 is 15.9 Å². The lowest BCUT2D eigenvalue weighted by Crippen LogP contribution is -2.48. The Hall–Kier alpha value is -1.42. The minimum absolute atomic E-state index is 0.00875. The van der Waals surface area contributed by atoms with E-state index in [1.807, 2.05) is 13.0 Å². The molecule has 1 aliphatic heterocycles. The van der Waals surface area contributed by atoms with Gasteiger partial charge in [0.05, 0.1) is 28.4 Å². The molecule has 126 valence electrons. The number of nitrogens with zero attached hydrogens (tertiary/aromatic N) is 2. The standard InChI is InChI=1S/C17H24N2O3S/c1-2-17(20)16-8-3-4-9-19(16)10-11-23(21,22)15-7-5-6-14(12-15)13-18/h5-7,12,16-17,20H,2-4,8-11H2,1H3. The SMILES string of the molecule is CCC(O)C1CCCCN1CCS(=O)(=O)c1cccc(C#N)c1. The van der Waals surface area contributed by atoms with E-state index in [2.05, 4.69) is 4.90 Å². The molecule has 0 aliphatic carbocycles. The summed E-state index contributed by atoms with van der Waals surface area (Å²) in [6, 6.07) is 8.16. The van der Waals surface area contributed by atoms with E-state index in [-0.39, 0.29) is 16.7 Å². The van der Waals surface area contributed by atoms with Gasteiger partial charge in [-0.3, -0.25) is 4.90 Å². The fraction of sp³-hybridized carbons (Fsp3) is 0.588. The van der Waals surface area contributed by atoms with Crippen LogP contribution in [0.15, 0.2) is 29.2 Å². The Balaban J connectivity index is 2.07. The number of benzene rings is 1. The molecule has 1 fully saturated rings. The van der Waals surface area contributed by atoms with Crippen LogP contribution in [0.1, 0.15) is 38.2 Å². The van der Waals surface area contributed by atoms with E-state index in [1.54, 1.807) is 12.1 Å². The first kappa shape index (κ1) is 17.9. The molecule has 1 heterocycles. The summed E-state index contributed by atoms with van der Waals surface area (Å²) in [4.78, 5) is 2.30. The van der Waals surface area contributed by atoms with Crippen molar-refractivity contribution in [2.75, 3.05) is 18.8 Å². The van der Waals surface area contributed by atoms with Crippen LogP contribution in [0.2, 0.25) is 0 Å². The van der Waals surface area contributed by atoms with E-state index in [4.69, 9.17) is 5.26 Å². The third-order valence-electron chi connectivity index (χ3n) is 4.50. The van der Waals surface area contributed by atoms with E-state index in [0.29, 0.717) is 18.5 Å². The maximum atomic E-state index is 12.5. The molecule has 2 rings (SSSR count). The van der Waals surface area contributed by atoms with Crippen LogP contribution in [0.25, 0.3) is 0 Å². The van der Waals surface area contributed by atoms with Gasteiger partial charge in [0.15, 0.2) is 9.84 Å². The first-order valence-corrected chi connectivity index (χ1v) is 9.78. The van der Waals surface area contributed by atoms with Gasteiger partial charge in [-0.1, -0.05) is 19.4 Å². The van der Waals surface area contributed by atoms with Crippen LogP contribution in [0, 0.1) is 11.3 Å². The van der Waals surface area contributed by atoms with Crippen molar-refractivity contribution in [3.63, 3.8) is 0 Å². The lowest BCUT2D eigenvalue weighted by Gasteiger charge is -2.38. The van der Waals surface area contributed by atoms with Crippen molar-refractivity contribution in [1.29, 1.82) is 5.26 Å². The Labute approximate surface area is 138 Å². The zero-order valence-electron chi connectivity index (χ0n) is 13.5. The molecule has 0 radical (unpaired) electrons. The third kappa shape index (κ3) is 4.54. The molecule has 1 aromatic rings. The molecule has 0 aromatic heterocycles. The van der Waals surface area contributed by atoms with Gasteiger partial charge in [0, 0.05) is 12.6 Å². The number of aliphatic hydroxyl groups is 1. The molecule has 1 aliphatic rings. The molecule has 0 spiro atoms. The maximum Gasteiger partial charge on any atom is 0.179 e. The van der Waals surface area contributed by atoms with Crippen LogP contribution in [0.5, 0.6) is 0 Å². The van der Waals surface area contributed by atoms with Gasteiger partial charge in [0.1, 0.15) is 0 Å². The lowest BCUT2D eigenvalue weighted by molar-refractivity contribution is 0.0275. The average molecular weight is 336 g/mol. The van der Waals surface area contributed by atoms with Crippen LogP contribution in [0.4, 0.5) is 0 Å². The lowest BCUT2D eigenvalue weighted by atomic mass is 9.96. The van der Waals surface area contributed by atoms with E-state index in [1.165, 1.54) is 12.1 Å². The Morgan fingerprint density at radius 2 is 2.22 bits per heavy atom. The Morgan fingerprint density at radius 3 is 2.91 bits per heavy atom. The van der Waals surface area contributed by atoms with Gasteiger partial charge in [-0.05, 0) is 44.0 Å². The van der Waals surface area contributed by atoms with Crippen molar-refractivity contribution in [3.8, 4) is 6.07 Å². The predicted molar refractivity (Wildman–Crippen MR) is 88.7 cm³/mol. The third-order valence-corrected chi connectivity index (χ3v) is 6.19. The van der Waals surface area contributed by atoms with Crippen LogP contribution in [0.3, 0.4) is 0 Å². The van der Waals surface area contributed by atoms with Gasteiger partial charge in [-0.2, -0.15) is 5.26 Å². The summed E-state index contributed by atoms with van der Waals surface area (Å²) in [5.41, 5.74) is 0.350. The molecule has 1 aromatic carbocycles. The molecular formula is C17H24N2O3S. The van der Waals surface area contributed by atoms with Crippen LogP contribution in [-0.2, 0) is 9.84 Å². The number of sulfone groups is 1. The second-order valence-electron chi connectivity index (χ2n) is 6.03. The number of likely N-dealkylation sites (tertiary alicyclic amines) is 1. The second-order valence-corrected chi connectivity index (χ2v) is 8.14. The summed E-state index contributed by atoms with van der Waals surface area (Å²) in [5, 5.41) is 19.0. The summed E-state index contributed by atoms with van der Waals surface area (Å²) >= 11 is 0. The molecular weight excluding hydrogens is 312 g/mol. The minimum Gasteiger partial charge on any atom is -0.392 e. The van der Waals surface area contributed by atoms with Gasteiger partial charge in [0.25, 0.3) is 0 Å². The summed E-state index contributed by atoms with van der Waals surface area (Å²) < 4.78 is 25.0. The van der Waals surface area contributed by atoms with E-state index in [9.17, 15) is 13.5 Å². The van der Waals surface area contributed by atoms with Gasteiger partial charge >= 0.3 is 0 Å². The number of nitriles is 1. The van der Waals surface area contributed by atoms with Crippen molar-refractivity contribution in [1.82, 2.24) is 4.90 Å². The molecule has 6 heteroatoms. The Kier molecular flexibility index (Phi) is 6.17. The quantitative estimate of drug-likeness (QED) is 0.859. The molecule has 1 N–H and O–H groups in total. The van der Waals surface area contributed by atoms with Crippen LogP contribution < -0.4 is 0 Å². The van der Waals surface area contributed by atoms with E-state index >= 15 is 0 Å². The van der Waals surface area contributed by atoms with Crippen LogP contribution in [-0.4, -0.2) is 49.4 Å². The number of aliphatic hydroxyl groups excluding tert-OH is 1. The minimum atomic E-state index is -3.42. The highest BCUT2D eigenvalue weighted by molar-refractivity contribution is 7.91. The van der Waals surface area contributed by atoms with Gasteiger partial charge in [-0.25, -0.2) is 8.42 Å². The first-order valence-electron chi connectivity index (χ1n) is 8.13. The van der Waals surface area contributed by atoms with Crippen molar-refractivity contribution in [2.24, 2.45) is 0 Å². The number of hydrogen-bond acceptors (Lipinski definition) is 5. The Bertz CT molecular complexity index is 667. The number of piperidine rings is 1. The average Bonchev–Trinajstić information content (AvgIpc) is 2.59. The zero-order chi connectivity index (χ0) is 16.9. The molecule has 23 heavy (non-hydrogen) atoms. The van der Waals surface area contributed by atoms with Crippen molar-refractivity contribution >= 4 is 9.84 Å². The predicted octanol–water partition coefficient (Wildman–Crippen LogP) is 1.96. The van der Waals surface area contributed by atoms with Crippen molar-refractivity contribution < 1.29 is 13.5 Å². The summed E-state index contributed by atoms with van der Waals surface area (Å²) in [5.74, 6) is 0.00875. The number of hydrogen-bond donors (Lipinski definition) is 1. The highest BCUT2D eigenvalue weighted by atomic mass is 32.2. The largest absolute Gasteiger partial charge is 0.392 e. The molecule has 0 bridgehead atoms. The normalized spacial score (nSPS) is 20.8. The maximum absolute atomic E-state index is 12.5. The topological polar surface area (TPSA) is 81.4 Å². The van der Waals surface area contributed by atoms with Crippen LogP contribution >= 0.6 is 0 Å². The summed E-state index contributed by atoms with van der Waals surface area (Å²) in [7, 11) is -3.42. The highest BCUT2D eigenvalue weighted by Gasteiger charge is 2.28. The zero-order valence-corrected chi connectivity index (χ0v) is 14.3. The molecule has 2 unspecified atom stereocenters. The molecule has 0 saturated carbocycles. The number of rotatable bonds is 6. The summed E-state index contributed by atoms with van der Waals surface area (Å²) in [6.45, 7) is 3.19. The van der Waals surface area contributed by atoms with Gasteiger partial charge in [0.2, 0.25) is 0 Å². The van der Waals surface area contributed by atoms with Gasteiger partial charge in [-0.15, -0.1) is 0 Å². The van der Waals surface area contributed by atoms with Crippen molar-refractivity contribution in [2.45, 2.75) is 49.6 Å². The first-order chi connectivity index (χ1) is 11.0. The molecule has 1 saturated heterocycles. The molecule has 2 atom stereocenters. The second kappa shape index (κ2) is 7.91. The van der Waals surface area contributed by atoms with Gasteiger partial charge < -0.3 is 5.11 Å².